The third kappa shape index (κ3) is 1.09. The summed E-state index contributed by atoms with van der Waals surface area (Å²) in [7, 11) is 0. The minimum absolute atomic E-state index is 0.0115. The molecule has 0 amide bonds. The maximum atomic E-state index is 5.22. The second-order valence-corrected chi connectivity index (χ2v) is 2.03. The molecular weight excluding hydrogens is 158 g/mol. The van der Waals surface area contributed by atoms with Crippen molar-refractivity contribution in [3.63, 3.8) is 0 Å². The lowest BCUT2D eigenvalue weighted by Crippen LogP contribution is -1.89. The molecule has 6 nitrogen and oxygen atoms in total. The molecule has 60 valence electrons. The first-order valence-electron chi connectivity index (χ1n) is 3.23. The standard InChI is InChI=1S/C6H5N5O/c7-6-10-5(11-12-6)4-8-2-1-3-9-4/h1-3H,(H2,7,10,11). The molecule has 0 aliphatic rings. The summed E-state index contributed by atoms with van der Waals surface area (Å²) in [5.74, 6) is 0.700. The van der Waals surface area contributed by atoms with Crippen molar-refractivity contribution in [1.82, 2.24) is 20.1 Å². The Labute approximate surface area is 67.5 Å². The Kier molecular flexibility index (Phi) is 1.44. The van der Waals surface area contributed by atoms with E-state index in [1.54, 1.807) is 18.5 Å². The Morgan fingerprint density at radius 2 is 1.92 bits per heavy atom. The van der Waals surface area contributed by atoms with E-state index in [1.807, 2.05) is 0 Å². The maximum Gasteiger partial charge on any atom is 0.319 e. The maximum absolute atomic E-state index is 5.22. The zero-order valence-electron chi connectivity index (χ0n) is 6.01. The fourth-order valence-electron chi connectivity index (χ4n) is 0.741. The van der Waals surface area contributed by atoms with Crippen molar-refractivity contribution in [3.8, 4) is 11.6 Å². The molecule has 0 saturated heterocycles. The number of nitrogens with two attached hydrogens (primary N) is 1. The highest BCUT2D eigenvalue weighted by molar-refractivity contribution is 5.42. The smallest absolute Gasteiger partial charge is 0.319 e. The third-order valence-corrected chi connectivity index (χ3v) is 1.21. The molecule has 2 aromatic rings. The van der Waals surface area contributed by atoms with Gasteiger partial charge in [0.25, 0.3) is 0 Å². The Morgan fingerprint density at radius 3 is 2.50 bits per heavy atom. The quantitative estimate of drug-likeness (QED) is 0.641. The summed E-state index contributed by atoms with van der Waals surface area (Å²) in [5, 5.41) is 3.55. The van der Waals surface area contributed by atoms with E-state index >= 15 is 0 Å². The summed E-state index contributed by atoms with van der Waals surface area (Å²) in [6.07, 6.45) is 3.18. The molecule has 0 spiro atoms. The molecular formula is C6H5N5O. The van der Waals surface area contributed by atoms with Crippen molar-refractivity contribution in [2.45, 2.75) is 0 Å². The molecule has 2 aromatic heterocycles. The zero-order chi connectivity index (χ0) is 8.39. The minimum Gasteiger partial charge on any atom is -0.351 e. The van der Waals surface area contributed by atoms with Gasteiger partial charge >= 0.3 is 6.01 Å². The predicted octanol–water partition coefficient (Wildman–Crippen LogP) is 0.109. The minimum atomic E-state index is 0.0115. The van der Waals surface area contributed by atoms with Crippen LogP contribution in [0.3, 0.4) is 0 Å². The van der Waals surface area contributed by atoms with E-state index in [2.05, 4.69) is 24.6 Å². The number of nitrogen functional groups attached to an aromatic ring is 1. The summed E-state index contributed by atoms with van der Waals surface area (Å²) in [6.45, 7) is 0. The van der Waals surface area contributed by atoms with Crippen LogP contribution in [0.4, 0.5) is 6.01 Å². The summed E-state index contributed by atoms with van der Waals surface area (Å²) in [5.41, 5.74) is 5.22. The van der Waals surface area contributed by atoms with E-state index in [0.717, 1.165) is 0 Å². The fraction of sp³-hybridized carbons (Fsp3) is 0. The van der Waals surface area contributed by atoms with Gasteiger partial charge in [-0.05, 0) is 6.07 Å². The van der Waals surface area contributed by atoms with Crippen LogP contribution in [0.1, 0.15) is 0 Å². The van der Waals surface area contributed by atoms with Gasteiger partial charge in [0, 0.05) is 12.4 Å². The predicted molar refractivity (Wildman–Crippen MR) is 39.7 cm³/mol. The van der Waals surface area contributed by atoms with Crippen LogP contribution < -0.4 is 5.73 Å². The van der Waals surface area contributed by atoms with E-state index < -0.39 is 0 Å². The van der Waals surface area contributed by atoms with Gasteiger partial charge in [0.2, 0.25) is 11.6 Å². The van der Waals surface area contributed by atoms with Crippen LogP contribution >= 0.6 is 0 Å². The lowest BCUT2D eigenvalue weighted by Gasteiger charge is -1.87. The summed E-state index contributed by atoms with van der Waals surface area (Å²) in [6, 6.07) is 1.71. The monoisotopic (exact) mass is 163 g/mol. The van der Waals surface area contributed by atoms with Gasteiger partial charge in [-0.25, -0.2) is 9.97 Å². The Morgan fingerprint density at radius 1 is 1.17 bits per heavy atom. The molecule has 0 bridgehead atoms. The van der Waals surface area contributed by atoms with Crippen molar-refractivity contribution in [2.75, 3.05) is 5.73 Å². The molecule has 0 saturated carbocycles. The molecule has 0 radical (unpaired) electrons. The molecule has 0 aliphatic heterocycles. The highest BCUT2D eigenvalue weighted by atomic mass is 16.5. The molecule has 2 heterocycles. The highest BCUT2D eigenvalue weighted by Crippen LogP contribution is 2.08. The van der Waals surface area contributed by atoms with Crippen LogP contribution in [-0.4, -0.2) is 20.1 Å². The van der Waals surface area contributed by atoms with Gasteiger partial charge in [0.1, 0.15) is 0 Å². The summed E-state index contributed by atoms with van der Waals surface area (Å²) < 4.78 is 4.56. The number of rotatable bonds is 1. The number of hydrogen-bond acceptors (Lipinski definition) is 6. The van der Waals surface area contributed by atoms with Crippen molar-refractivity contribution in [2.24, 2.45) is 0 Å². The van der Waals surface area contributed by atoms with Crippen molar-refractivity contribution in [1.29, 1.82) is 0 Å². The van der Waals surface area contributed by atoms with Gasteiger partial charge < -0.3 is 10.3 Å². The summed E-state index contributed by atoms with van der Waals surface area (Å²) in [4.78, 5) is 11.6. The Bertz CT molecular complexity index is 370. The summed E-state index contributed by atoms with van der Waals surface area (Å²) >= 11 is 0. The fourth-order valence-corrected chi connectivity index (χ4v) is 0.741. The van der Waals surface area contributed by atoms with E-state index in [9.17, 15) is 0 Å². The van der Waals surface area contributed by atoms with E-state index in [-0.39, 0.29) is 6.01 Å². The largest absolute Gasteiger partial charge is 0.351 e. The molecule has 0 aliphatic carbocycles. The molecule has 0 unspecified atom stereocenters. The average molecular weight is 163 g/mol. The van der Waals surface area contributed by atoms with Gasteiger partial charge in [0.05, 0.1) is 0 Å². The van der Waals surface area contributed by atoms with Gasteiger partial charge in [-0.15, -0.1) is 0 Å². The number of hydrogen-bond donors (Lipinski definition) is 1. The van der Waals surface area contributed by atoms with Crippen LogP contribution in [0.5, 0.6) is 0 Å². The van der Waals surface area contributed by atoms with E-state index in [0.29, 0.717) is 11.6 Å². The normalized spacial score (nSPS) is 10.0. The van der Waals surface area contributed by atoms with Gasteiger partial charge in [0.15, 0.2) is 0 Å². The lowest BCUT2D eigenvalue weighted by molar-refractivity contribution is 0.436. The SMILES string of the molecule is Nc1nc(-c2ncccn2)no1. The Balaban J connectivity index is 2.45. The van der Waals surface area contributed by atoms with E-state index in [1.165, 1.54) is 0 Å². The first-order valence-corrected chi connectivity index (χ1v) is 3.23. The van der Waals surface area contributed by atoms with Crippen LogP contribution in [0, 0.1) is 0 Å². The highest BCUT2D eigenvalue weighted by Gasteiger charge is 2.06. The van der Waals surface area contributed by atoms with Crippen LogP contribution in [-0.2, 0) is 0 Å². The molecule has 0 aromatic carbocycles. The first kappa shape index (κ1) is 6.71. The Hall–Kier alpha value is -1.98. The number of anilines is 1. The molecule has 6 heteroatoms. The van der Waals surface area contributed by atoms with Gasteiger partial charge in [-0.2, -0.15) is 4.98 Å². The second-order valence-electron chi connectivity index (χ2n) is 2.03. The van der Waals surface area contributed by atoms with Crippen LogP contribution in [0.2, 0.25) is 0 Å². The molecule has 0 atom stereocenters. The average Bonchev–Trinajstić information content (AvgIpc) is 2.54. The van der Waals surface area contributed by atoms with Crippen molar-refractivity contribution in [3.05, 3.63) is 18.5 Å². The molecule has 12 heavy (non-hydrogen) atoms. The van der Waals surface area contributed by atoms with Crippen LogP contribution in [0.25, 0.3) is 11.6 Å². The number of aromatic nitrogens is 4. The van der Waals surface area contributed by atoms with Crippen molar-refractivity contribution < 1.29 is 4.52 Å². The van der Waals surface area contributed by atoms with E-state index in [4.69, 9.17) is 5.73 Å². The molecule has 0 fully saturated rings. The molecule has 2 N–H and O–H groups in total. The van der Waals surface area contributed by atoms with Gasteiger partial charge in [-0.3, -0.25) is 0 Å². The van der Waals surface area contributed by atoms with Crippen LogP contribution in [0.15, 0.2) is 23.0 Å². The van der Waals surface area contributed by atoms with Gasteiger partial charge in [-0.1, -0.05) is 5.16 Å². The third-order valence-electron chi connectivity index (χ3n) is 1.21. The first-order chi connectivity index (χ1) is 5.86. The second kappa shape index (κ2) is 2.57. The topological polar surface area (TPSA) is 90.7 Å². The zero-order valence-corrected chi connectivity index (χ0v) is 6.01. The van der Waals surface area contributed by atoms with Crippen molar-refractivity contribution >= 4 is 6.01 Å². The molecule has 2 rings (SSSR count). The number of nitrogens with zero attached hydrogens (tertiary/aromatic N) is 4. The lowest BCUT2D eigenvalue weighted by atomic mass is 10.5.